The second-order valence-corrected chi connectivity index (χ2v) is 20.9. The Morgan fingerprint density at radius 3 is 2.25 bits per heavy atom. The van der Waals surface area contributed by atoms with E-state index >= 15 is 0 Å². The maximum Gasteiger partial charge on any atom is 0.328 e. The minimum Gasteiger partial charge on any atom is -0.489 e. The molecule has 4 fully saturated rings. The molecule has 0 unspecified atom stereocenters. The van der Waals surface area contributed by atoms with Crippen molar-refractivity contribution in [2.24, 2.45) is 5.92 Å². The van der Waals surface area contributed by atoms with E-state index in [0.717, 1.165) is 75.8 Å². The zero-order chi connectivity index (χ0) is 44.4. The van der Waals surface area contributed by atoms with Gasteiger partial charge < -0.3 is 20.3 Å². The van der Waals surface area contributed by atoms with Crippen LogP contribution in [-0.2, 0) is 14.6 Å². The number of halogens is 1. The monoisotopic (exact) mass is 897 g/mol. The van der Waals surface area contributed by atoms with Crippen LogP contribution in [0.4, 0.5) is 39.3 Å². The number of carbonyl (C=O) groups is 2. The Morgan fingerprint density at radius 2 is 1.57 bits per heavy atom. The van der Waals surface area contributed by atoms with E-state index in [9.17, 15) is 18.0 Å². The van der Waals surface area contributed by atoms with Crippen LogP contribution < -0.4 is 30.5 Å². The number of ether oxygens (including phenoxy) is 1. The largest absolute Gasteiger partial charge is 0.489 e. The van der Waals surface area contributed by atoms with Crippen molar-refractivity contribution < 1.29 is 22.7 Å². The minimum atomic E-state index is -3.56. The number of hydrogen-bond donors (Lipinski definition) is 3. The van der Waals surface area contributed by atoms with E-state index in [4.69, 9.17) is 16.3 Å². The number of likely N-dealkylation sites (tertiary alicyclic amines) is 2. The molecule has 5 heterocycles. The first-order valence-corrected chi connectivity index (χ1v) is 24.3. The lowest BCUT2D eigenvalue weighted by Gasteiger charge is -2.49. The Morgan fingerprint density at radius 1 is 0.873 bits per heavy atom. The molecule has 3 amide bonds. The predicted molar refractivity (Wildman–Crippen MR) is 250 cm³/mol. The number of rotatable bonds is 14. The Bertz CT molecular complexity index is 2390. The molecule has 4 aromatic rings. The number of nitrogens with one attached hydrogen (secondary N) is 3. The smallest absolute Gasteiger partial charge is 0.328 e. The van der Waals surface area contributed by atoms with Gasteiger partial charge in [-0.25, -0.2) is 18.2 Å². The zero-order valence-corrected chi connectivity index (χ0v) is 38.5. The predicted octanol–water partition coefficient (Wildman–Crippen LogP) is 8.12. The van der Waals surface area contributed by atoms with Crippen LogP contribution in [0, 0.1) is 12.8 Å². The van der Waals surface area contributed by atoms with Crippen LogP contribution >= 0.6 is 11.6 Å². The van der Waals surface area contributed by atoms with Crippen LogP contribution in [-0.4, -0.2) is 110 Å². The number of hydrogen-bond acceptors (Lipinski definition) is 12. The van der Waals surface area contributed by atoms with Crippen LogP contribution in [0.5, 0.6) is 5.75 Å². The summed E-state index contributed by atoms with van der Waals surface area (Å²) < 4.78 is 32.6. The summed E-state index contributed by atoms with van der Waals surface area (Å²) >= 11 is 6.54. The normalized spacial score (nSPS) is 18.8. The average molecular weight is 899 g/mol. The molecule has 4 aliphatic rings. The molecule has 0 saturated carbocycles. The number of imide groups is 1. The summed E-state index contributed by atoms with van der Waals surface area (Å²) in [6.45, 7) is 17.6. The molecule has 14 nitrogen and oxygen atoms in total. The number of benzene rings is 3. The van der Waals surface area contributed by atoms with Gasteiger partial charge in [0.15, 0.2) is 15.7 Å². The standard InChI is InChI=1S/C47H60ClN9O5S/c1-30(2)62-42-25-38(32(5)24-41(42)51-46-49-26-39(48)45(53-46)50-40-8-6-7-9-43(40)63(60,61)31(3)4)34-16-21-56(22-17-34)37-28-54(29-37)27-33-14-19-55(20-15-33)35-10-12-36(13-11-35)57-23-18-44(58)52-47(57)59/h6-13,24-26,30-31,33-34,37H,14-23,27-29H2,1-5H3,(H,52,58,59)(H2,49,50,51,53). The number of urea groups is 1. The van der Waals surface area contributed by atoms with E-state index in [1.807, 2.05) is 26.0 Å². The summed E-state index contributed by atoms with van der Waals surface area (Å²) in [5.41, 5.74) is 5.63. The van der Waals surface area contributed by atoms with E-state index in [1.165, 1.54) is 35.9 Å². The van der Waals surface area contributed by atoms with Gasteiger partial charge in [0, 0.05) is 63.1 Å². The summed E-state index contributed by atoms with van der Waals surface area (Å²) in [4.78, 5) is 42.5. The van der Waals surface area contributed by atoms with Gasteiger partial charge in [-0.2, -0.15) is 4.98 Å². The third-order valence-corrected chi connectivity index (χ3v) is 15.4. The van der Waals surface area contributed by atoms with Gasteiger partial charge in [0.1, 0.15) is 10.8 Å². The Balaban J connectivity index is 0.826. The van der Waals surface area contributed by atoms with Gasteiger partial charge in [0.05, 0.1) is 33.8 Å². The highest BCUT2D eigenvalue weighted by Crippen LogP contribution is 2.39. The maximum atomic E-state index is 13.1. The molecule has 16 heteroatoms. The van der Waals surface area contributed by atoms with Crippen LogP contribution in [0.1, 0.15) is 76.8 Å². The molecule has 1 aromatic heterocycles. The molecule has 0 aliphatic carbocycles. The number of para-hydroxylation sites is 1. The molecule has 3 aromatic carbocycles. The highest BCUT2D eigenvalue weighted by atomic mass is 35.5. The Labute approximate surface area is 376 Å². The number of anilines is 6. The summed E-state index contributed by atoms with van der Waals surface area (Å²) in [5, 5.41) is 8.57. The van der Waals surface area contributed by atoms with Crippen molar-refractivity contribution >= 4 is 67.9 Å². The average Bonchev–Trinajstić information content (AvgIpc) is 3.24. The highest BCUT2D eigenvalue weighted by Gasteiger charge is 2.36. The molecule has 0 spiro atoms. The SMILES string of the molecule is Cc1cc(Nc2ncc(Cl)c(Nc3ccccc3S(=O)(=O)C(C)C)n2)c(OC(C)C)cc1C1CCN(C2CN(CC3CCN(c4ccc(N5CCC(=O)NC5=O)cc4)CC3)C2)CC1. The number of carbonyl (C=O) groups excluding carboxylic acids is 2. The first kappa shape index (κ1) is 44.6. The van der Waals surface area contributed by atoms with E-state index in [-0.39, 0.29) is 33.8 Å². The van der Waals surface area contributed by atoms with E-state index in [2.05, 4.69) is 71.8 Å². The molecule has 0 atom stereocenters. The van der Waals surface area contributed by atoms with Gasteiger partial charge in [-0.3, -0.25) is 24.8 Å². The third-order valence-electron chi connectivity index (χ3n) is 12.9. The van der Waals surface area contributed by atoms with Crippen LogP contribution in [0.2, 0.25) is 5.02 Å². The van der Waals surface area contributed by atoms with Crippen molar-refractivity contribution in [1.29, 1.82) is 0 Å². The number of piperidine rings is 2. The Hall–Kier alpha value is -4.96. The summed E-state index contributed by atoms with van der Waals surface area (Å²) in [7, 11) is -3.56. The van der Waals surface area contributed by atoms with Gasteiger partial charge in [-0.05, 0) is 145 Å². The summed E-state index contributed by atoms with van der Waals surface area (Å²) in [6.07, 6.45) is 6.31. The third kappa shape index (κ3) is 10.2. The number of aromatic nitrogens is 2. The summed E-state index contributed by atoms with van der Waals surface area (Å²) in [5.74, 6) is 2.24. The van der Waals surface area contributed by atoms with Crippen molar-refractivity contribution in [2.75, 3.05) is 72.8 Å². The molecule has 4 aliphatic heterocycles. The second-order valence-electron chi connectivity index (χ2n) is 18.0. The number of sulfone groups is 1. The molecule has 63 heavy (non-hydrogen) atoms. The van der Waals surface area contributed by atoms with E-state index in [0.29, 0.717) is 42.5 Å². The molecule has 0 radical (unpaired) electrons. The lowest BCUT2D eigenvalue weighted by molar-refractivity contribution is -0.120. The van der Waals surface area contributed by atoms with Crippen LogP contribution in [0.3, 0.4) is 0 Å². The first-order chi connectivity index (χ1) is 30.2. The molecule has 8 rings (SSSR count). The first-order valence-electron chi connectivity index (χ1n) is 22.3. The van der Waals surface area contributed by atoms with E-state index in [1.54, 1.807) is 43.0 Å². The van der Waals surface area contributed by atoms with Gasteiger partial charge in [0.25, 0.3) is 0 Å². The fourth-order valence-electron chi connectivity index (χ4n) is 9.32. The molecule has 0 bridgehead atoms. The Kier molecular flexibility index (Phi) is 13.5. The number of aryl methyl sites for hydroxylation is 1. The fourth-order valence-corrected chi connectivity index (χ4v) is 10.7. The highest BCUT2D eigenvalue weighted by molar-refractivity contribution is 7.92. The quantitative estimate of drug-likeness (QED) is 0.112. The number of nitrogens with zero attached hydrogens (tertiary/aromatic N) is 6. The number of amides is 3. The van der Waals surface area contributed by atoms with Gasteiger partial charge in [0.2, 0.25) is 11.9 Å². The van der Waals surface area contributed by atoms with Crippen molar-refractivity contribution in [3.8, 4) is 5.75 Å². The summed E-state index contributed by atoms with van der Waals surface area (Å²) in [6, 6.07) is 19.5. The molecule has 4 saturated heterocycles. The topological polar surface area (TPSA) is 152 Å². The van der Waals surface area contributed by atoms with Gasteiger partial charge >= 0.3 is 6.03 Å². The molecular formula is C47H60ClN9O5S. The van der Waals surface area contributed by atoms with Crippen molar-refractivity contribution in [2.45, 2.75) is 94.9 Å². The minimum absolute atomic E-state index is 0.0516. The molecular weight excluding hydrogens is 838 g/mol. The zero-order valence-electron chi connectivity index (χ0n) is 36.9. The lowest BCUT2D eigenvalue weighted by atomic mass is 9.85. The van der Waals surface area contributed by atoms with Crippen LogP contribution in [0.25, 0.3) is 0 Å². The van der Waals surface area contributed by atoms with Crippen molar-refractivity contribution in [3.63, 3.8) is 0 Å². The van der Waals surface area contributed by atoms with Crippen molar-refractivity contribution in [1.82, 2.24) is 25.1 Å². The van der Waals surface area contributed by atoms with E-state index < -0.39 is 15.1 Å². The second kappa shape index (κ2) is 19.0. The molecule has 3 N–H and O–H groups in total. The molecule has 336 valence electrons. The maximum absolute atomic E-state index is 13.1. The van der Waals surface area contributed by atoms with Crippen LogP contribution in [0.15, 0.2) is 71.8 Å². The lowest BCUT2D eigenvalue weighted by Crippen LogP contribution is -2.61. The fraction of sp³-hybridized carbons (Fsp3) is 0.489. The van der Waals surface area contributed by atoms with Gasteiger partial charge in [-0.15, -0.1) is 0 Å². The van der Waals surface area contributed by atoms with Gasteiger partial charge in [-0.1, -0.05) is 23.7 Å². The van der Waals surface area contributed by atoms with Crippen molar-refractivity contribution in [3.05, 3.63) is 83.0 Å².